The number of hydrogen-bond donors (Lipinski definition) is 2. The van der Waals surface area contributed by atoms with Gasteiger partial charge in [0, 0.05) is 44.7 Å². The van der Waals surface area contributed by atoms with Crippen LogP contribution in [0.1, 0.15) is 36.1 Å². The minimum atomic E-state index is 0.583. The van der Waals surface area contributed by atoms with Gasteiger partial charge in [0.2, 0.25) is 0 Å². The minimum absolute atomic E-state index is 0.583. The molecule has 2 aromatic rings. The predicted molar refractivity (Wildman–Crippen MR) is 106 cm³/mol. The molecule has 5 heteroatoms. The van der Waals surface area contributed by atoms with Crippen LogP contribution < -0.4 is 10.6 Å². The van der Waals surface area contributed by atoms with Crippen molar-refractivity contribution in [1.82, 2.24) is 20.0 Å². The molecular weight excluding hydrogens is 322 g/mol. The van der Waals surface area contributed by atoms with Crippen molar-refractivity contribution in [2.75, 3.05) is 31.5 Å². The highest BCUT2D eigenvalue weighted by molar-refractivity contribution is 5.38. The molecule has 1 unspecified atom stereocenters. The summed E-state index contributed by atoms with van der Waals surface area (Å²) in [5, 5.41) is 11.7. The van der Waals surface area contributed by atoms with Crippen molar-refractivity contribution in [3.8, 4) is 0 Å². The quantitative estimate of drug-likeness (QED) is 0.838. The van der Waals surface area contributed by atoms with Crippen molar-refractivity contribution in [3.05, 3.63) is 47.2 Å². The van der Waals surface area contributed by atoms with Crippen LogP contribution in [0, 0.1) is 12.8 Å². The summed E-state index contributed by atoms with van der Waals surface area (Å²) in [6, 6.07) is 11.3. The number of likely N-dealkylation sites (tertiary alicyclic amines) is 1. The topological polar surface area (TPSA) is 45.1 Å². The molecule has 0 bridgehead atoms. The zero-order valence-electron chi connectivity index (χ0n) is 15.9. The van der Waals surface area contributed by atoms with Gasteiger partial charge in [-0.3, -0.25) is 4.90 Å². The smallest absolute Gasteiger partial charge is 0.124 e. The number of rotatable bonds is 6. The number of fused-ring (bicyclic) bond motifs is 1. The number of aromatic nitrogens is 2. The molecule has 2 aliphatic heterocycles. The van der Waals surface area contributed by atoms with E-state index in [-0.39, 0.29) is 0 Å². The molecule has 4 rings (SSSR count). The number of benzene rings is 1. The molecule has 1 saturated heterocycles. The Bertz CT molecular complexity index is 700. The second kappa shape index (κ2) is 8.23. The van der Waals surface area contributed by atoms with Gasteiger partial charge in [0.05, 0.1) is 5.69 Å². The Morgan fingerprint density at radius 3 is 2.69 bits per heavy atom. The van der Waals surface area contributed by atoms with Crippen molar-refractivity contribution < 1.29 is 0 Å². The summed E-state index contributed by atoms with van der Waals surface area (Å²) in [5.41, 5.74) is 3.89. The fourth-order valence-corrected chi connectivity index (χ4v) is 4.08. The van der Waals surface area contributed by atoms with Gasteiger partial charge >= 0.3 is 0 Å². The largest absolute Gasteiger partial charge is 0.370 e. The maximum Gasteiger partial charge on any atom is 0.124 e. The Kier molecular flexibility index (Phi) is 5.56. The number of anilines is 1. The highest BCUT2D eigenvalue weighted by Gasteiger charge is 2.18. The molecule has 26 heavy (non-hydrogen) atoms. The first-order chi connectivity index (χ1) is 12.8. The van der Waals surface area contributed by atoms with Gasteiger partial charge in [0.25, 0.3) is 0 Å². The third-order valence-corrected chi connectivity index (χ3v) is 5.55. The Labute approximate surface area is 156 Å². The van der Waals surface area contributed by atoms with E-state index in [9.17, 15) is 0 Å². The molecule has 1 atom stereocenters. The van der Waals surface area contributed by atoms with Crippen LogP contribution >= 0.6 is 0 Å². The van der Waals surface area contributed by atoms with Gasteiger partial charge in [-0.25, -0.2) is 4.68 Å². The van der Waals surface area contributed by atoms with Crippen LogP contribution in [0.15, 0.2) is 30.3 Å². The summed E-state index contributed by atoms with van der Waals surface area (Å²) >= 11 is 0. The lowest BCUT2D eigenvalue weighted by molar-refractivity contribution is 0.221. The third-order valence-electron chi connectivity index (χ3n) is 5.55. The first-order valence-electron chi connectivity index (χ1n) is 10.1. The zero-order chi connectivity index (χ0) is 17.8. The summed E-state index contributed by atoms with van der Waals surface area (Å²) in [7, 11) is 0. The molecule has 1 fully saturated rings. The molecule has 140 valence electrons. The molecule has 5 nitrogen and oxygen atoms in total. The lowest BCUT2D eigenvalue weighted by atomic mass is 10.1. The number of piperidine rings is 1. The average molecular weight is 354 g/mol. The van der Waals surface area contributed by atoms with E-state index >= 15 is 0 Å². The van der Waals surface area contributed by atoms with Crippen molar-refractivity contribution in [3.63, 3.8) is 0 Å². The second-order valence-corrected chi connectivity index (χ2v) is 7.88. The SMILES string of the molecule is Cc1cc2n(n1)CC(CNCc1ccc(CN3CCCCC3)cc1)CN2. The normalized spacial score (nSPS) is 20.6. The van der Waals surface area contributed by atoms with E-state index in [4.69, 9.17) is 0 Å². The highest BCUT2D eigenvalue weighted by atomic mass is 15.3. The molecule has 1 aromatic carbocycles. The van der Waals surface area contributed by atoms with E-state index in [1.54, 1.807) is 0 Å². The first kappa shape index (κ1) is 17.6. The third kappa shape index (κ3) is 4.46. The number of aryl methyl sites for hydroxylation is 1. The van der Waals surface area contributed by atoms with Crippen LogP contribution in [0.5, 0.6) is 0 Å². The monoisotopic (exact) mass is 353 g/mol. The van der Waals surface area contributed by atoms with Crippen LogP contribution in [-0.2, 0) is 19.6 Å². The van der Waals surface area contributed by atoms with Gasteiger partial charge in [-0.1, -0.05) is 30.7 Å². The van der Waals surface area contributed by atoms with Crippen LogP contribution in [0.3, 0.4) is 0 Å². The summed E-state index contributed by atoms with van der Waals surface area (Å²) in [5.74, 6) is 1.74. The summed E-state index contributed by atoms with van der Waals surface area (Å²) in [6.07, 6.45) is 4.12. The number of nitrogens with zero attached hydrogens (tertiary/aromatic N) is 3. The predicted octanol–water partition coefficient (Wildman–Crippen LogP) is 3.01. The molecule has 1 aromatic heterocycles. The van der Waals surface area contributed by atoms with E-state index in [0.29, 0.717) is 5.92 Å². The van der Waals surface area contributed by atoms with Crippen molar-refractivity contribution in [2.24, 2.45) is 5.92 Å². The van der Waals surface area contributed by atoms with E-state index in [2.05, 4.69) is 62.6 Å². The second-order valence-electron chi connectivity index (χ2n) is 7.88. The van der Waals surface area contributed by atoms with Crippen LogP contribution in [-0.4, -0.2) is 40.9 Å². The van der Waals surface area contributed by atoms with E-state index < -0.39 is 0 Å². The average Bonchev–Trinajstić information content (AvgIpc) is 3.03. The van der Waals surface area contributed by atoms with Gasteiger partial charge in [0.1, 0.15) is 5.82 Å². The van der Waals surface area contributed by atoms with Crippen molar-refractivity contribution in [1.29, 1.82) is 0 Å². The molecule has 0 saturated carbocycles. The molecule has 3 heterocycles. The molecule has 2 N–H and O–H groups in total. The zero-order valence-corrected chi connectivity index (χ0v) is 15.9. The molecular formula is C21H31N5. The van der Waals surface area contributed by atoms with Gasteiger partial charge < -0.3 is 10.6 Å². The lowest BCUT2D eigenvalue weighted by Gasteiger charge is -2.26. The summed E-state index contributed by atoms with van der Waals surface area (Å²) in [4.78, 5) is 2.58. The van der Waals surface area contributed by atoms with Crippen LogP contribution in [0.4, 0.5) is 5.82 Å². The van der Waals surface area contributed by atoms with Crippen molar-refractivity contribution in [2.45, 2.75) is 45.8 Å². The summed E-state index contributed by atoms with van der Waals surface area (Å²) in [6.45, 7) is 9.64. The Hall–Kier alpha value is -1.85. The maximum absolute atomic E-state index is 4.55. The van der Waals surface area contributed by atoms with Gasteiger partial charge in [-0.05, 0) is 44.0 Å². The minimum Gasteiger partial charge on any atom is -0.370 e. The van der Waals surface area contributed by atoms with Crippen molar-refractivity contribution >= 4 is 5.82 Å². The van der Waals surface area contributed by atoms with E-state index in [0.717, 1.165) is 44.2 Å². The van der Waals surface area contributed by atoms with Gasteiger partial charge in [-0.2, -0.15) is 5.10 Å². The summed E-state index contributed by atoms with van der Waals surface area (Å²) < 4.78 is 2.10. The van der Waals surface area contributed by atoms with Gasteiger partial charge in [0.15, 0.2) is 0 Å². The molecule has 0 aliphatic carbocycles. The Morgan fingerprint density at radius 2 is 1.88 bits per heavy atom. The van der Waals surface area contributed by atoms with E-state index in [1.165, 1.54) is 43.5 Å². The number of nitrogens with one attached hydrogen (secondary N) is 2. The lowest BCUT2D eigenvalue weighted by Crippen LogP contribution is -2.35. The fourth-order valence-electron chi connectivity index (χ4n) is 4.08. The number of hydrogen-bond acceptors (Lipinski definition) is 4. The fraction of sp³-hybridized carbons (Fsp3) is 0.571. The van der Waals surface area contributed by atoms with Crippen LogP contribution in [0.2, 0.25) is 0 Å². The molecule has 0 spiro atoms. The standard InChI is InChI=1S/C21H31N5/c1-17-11-21-23-14-20(16-26(21)24-17)13-22-12-18-5-7-19(8-6-18)15-25-9-3-2-4-10-25/h5-8,11,20,22-23H,2-4,9-10,12-16H2,1H3. The maximum atomic E-state index is 4.55. The molecule has 0 radical (unpaired) electrons. The first-order valence-corrected chi connectivity index (χ1v) is 10.1. The van der Waals surface area contributed by atoms with Crippen LogP contribution in [0.25, 0.3) is 0 Å². The van der Waals surface area contributed by atoms with Gasteiger partial charge in [-0.15, -0.1) is 0 Å². The Balaban J connectivity index is 1.21. The molecule has 0 amide bonds. The highest BCUT2D eigenvalue weighted by Crippen LogP contribution is 2.18. The Morgan fingerprint density at radius 1 is 1.12 bits per heavy atom. The molecule has 2 aliphatic rings. The van der Waals surface area contributed by atoms with E-state index in [1.807, 2.05) is 0 Å².